The Hall–Kier alpha value is -1.57. The van der Waals surface area contributed by atoms with Gasteiger partial charge in [-0.25, -0.2) is 9.89 Å². The largest absolute Gasteiger partial charge is 0.444 e. The van der Waals surface area contributed by atoms with Crippen molar-refractivity contribution in [3.8, 4) is 0 Å². The van der Waals surface area contributed by atoms with Gasteiger partial charge in [0, 0.05) is 25.7 Å². The first kappa shape index (κ1) is 16.8. The molecule has 8 heteroatoms. The fourth-order valence-corrected chi connectivity index (χ4v) is 2.80. The maximum atomic E-state index is 12.1. The summed E-state index contributed by atoms with van der Waals surface area (Å²) >= 11 is 3.30. The number of H-pyrrole nitrogens is 1. The number of aromatic nitrogens is 2. The van der Waals surface area contributed by atoms with E-state index in [1.807, 2.05) is 27.7 Å². The van der Waals surface area contributed by atoms with Crippen molar-refractivity contribution in [3.63, 3.8) is 0 Å². The molecule has 1 aliphatic rings. The molecular formula is C14H21BrN4O3. The Labute approximate surface area is 137 Å². The molecule has 1 saturated heterocycles. The third kappa shape index (κ3) is 3.79. The molecule has 0 bridgehead atoms. The number of nitrogens with one attached hydrogen (secondary N) is 1. The molecule has 0 aliphatic carbocycles. The quantitative estimate of drug-likeness (QED) is 0.815. The first-order valence-corrected chi connectivity index (χ1v) is 7.96. The predicted molar refractivity (Wildman–Crippen MR) is 87.2 cm³/mol. The van der Waals surface area contributed by atoms with Crippen LogP contribution in [0.4, 0.5) is 10.5 Å². The van der Waals surface area contributed by atoms with Crippen LogP contribution in [0.1, 0.15) is 27.7 Å². The third-order valence-electron chi connectivity index (χ3n) is 3.37. The smallest absolute Gasteiger partial charge is 0.410 e. The molecule has 1 aromatic heterocycles. The Balaban J connectivity index is 2.09. The van der Waals surface area contributed by atoms with E-state index in [9.17, 15) is 9.59 Å². The first-order valence-electron chi connectivity index (χ1n) is 7.17. The summed E-state index contributed by atoms with van der Waals surface area (Å²) in [4.78, 5) is 27.5. The van der Waals surface area contributed by atoms with Crippen LogP contribution in [0.25, 0.3) is 0 Å². The number of hydrogen-bond acceptors (Lipinski definition) is 5. The minimum atomic E-state index is -0.503. The zero-order valence-electron chi connectivity index (χ0n) is 13.2. The topological polar surface area (TPSA) is 78.5 Å². The van der Waals surface area contributed by atoms with E-state index in [4.69, 9.17) is 4.74 Å². The number of carbonyl (C=O) groups excluding carboxylic acids is 1. The zero-order chi connectivity index (χ0) is 16.5. The summed E-state index contributed by atoms with van der Waals surface area (Å²) in [6, 6.07) is 0.0566. The highest BCUT2D eigenvalue weighted by Gasteiger charge is 2.31. The van der Waals surface area contributed by atoms with Gasteiger partial charge in [-0.3, -0.25) is 4.79 Å². The molecule has 1 aliphatic heterocycles. The van der Waals surface area contributed by atoms with E-state index < -0.39 is 5.60 Å². The van der Waals surface area contributed by atoms with Crippen molar-refractivity contribution in [1.29, 1.82) is 0 Å². The number of amides is 1. The Morgan fingerprint density at radius 3 is 2.73 bits per heavy atom. The lowest BCUT2D eigenvalue weighted by Crippen LogP contribution is -2.55. The maximum absolute atomic E-state index is 12.1. The lowest BCUT2D eigenvalue weighted by atomic mass is 10.1. The van der Waals surface area contributed by atoms with Gasteiger partial charge >= 0.3 is 6.09 Å². The summed E-state index contributed by atoms with van der Waals surface area (Å²) in [7, 11) is 0. The molecule has 7 nitrogen and oxygen atoms in total. The standard InChI is InChI=1S/C14H21BrN4O3/c1-9-8-18(13(21)22-14(2,3)4)5-6-19(9)10-7-16-17-12(20)11(10)15/h7,9H,5-6,8H2,1-4H3,(H,17,20)/t9-/m0/s1. The molecule has 1 atom stereocenters. The number of ether oxygens (including phenoxy) is 1. The van der Waals surface area contributed by atoms with Crippen LogP contribution in [0.5, 0.6) is 0 Å². The van der Waals surface area contributed by atoms with Crippen molar-refractivity contribution < 1.29 is 9.53 Å². The Morgan fingerprint density at radius 1 is 1.45 bits per heavy atom. The first-order chi connectivity index (χ1) is 10.2. The molecule has 0 spiro atoms. The minimum absolute atomic E-state index is 0.0566. The monoisotopic (exact) mass is 372 g/mol. The highest BCUT2D eigenvalue weighted by atomic mass is 79.9. The molecule has 22 heavy (non-hydrogen) atoms. The SMILES string of the molecule is C[C@H]1CN(C(=O)OC(C)(C)C)CCN1c1cn[nH]c(=O)c1Br. The van der Waals surface area contributed by atoms with Gasteiger partial charge in [0.1, 0.15) is 10.1 Å². The van der Waals surface area contributed by atoms with E-state index in [1.54, 1.807) is 11.1 Å². The van der Waals surface area contributed by atoms with E-state index in [0.29, 0.717) is 24.1 Å². The molecule has 2 rings (SSSR count). The Bertz CT molecular complexity index is 611. The minimum Gasteiger partial charge on any atom is -0.444 e. The van der Waals surface area contributed by atoms with Crippen molar-refractivity contribution in [2.45, 2.75) is 39.3 Å². The predicted octanol–water partition coefficient (Wildman–Crippen LogP) is 1.98. The number of nitrogens with zero attached hydrogens (tertiary/aromatic N) is 3. The molecule has 1 aromatic rings. The summed E-state index contributed by atoms with van der Waals surface area (Å²) in [5.41, 5.74) is -0.0312. The van der Waals surface area contributed by atoms with Crippen LogP contribution in [0, 0.1) is 0 Å². The molecule has 0 radical (unpaired) electrons. The van der Waals surface area contributed by atoms with Crippen molar-refractivity contribution in [2.75, 3.05) is 24.5 Å². The summed E-state index contributed by atoms with van der Waals surface area (Å²) in [6.45, 7) is 9.25. The van der Waals surface area contributed by atoms with Gasteiger partial charge < -0.3 is 14.5 Å². The van der Waals surface area contributed by atoms with Gasteiger partial charge in [-0.05, 0) is 43.6 Å². The van der Waals surface area contributed by atoms with E-state index in [1.165, 1.54) is 0 Å². The van der Waals surface area contributed by atoms with Crippen LogP contribution in [-0.2, 0) is 4.74 Å². The lowest BCUT2D eigenvalue weighted by molar-refractivity contribution is 0.0218. The van der Waals surface area contributed by atoms with Crippen LogP contribution in [-0.4, -0.2) is 52.5 Å². The summed E-state index contributed by atoms with van der Waals surface area (Å²) in [5.74, 6) is 0. The normalized spacial score (nSPS) is 19.2. The van der Waals surface area contributed by atoms with Gasteiger partial charge in [0.15, 0.2) is 0 Å². The van der Waals surface area contributed by atoms with E-state index in [0.717, 1.165) is 5.69 Å². The number of halogens is 1. The van der Waals surface area contributed by atoms with Gasteiger partial charge in [-0.2, -0.15) is 5.10 Å². The van der Waals surface area contributed by atoms with Crippen LogP contribution in [0.3, 0.4) is 0 Å². The number of aromatic amines is 1. The summed E-state index contributed by atoms with van der Waals surface area (Å²) in [6.07, 6.45) is 1.31. The van der Waals surface area contributed by atoms with Gasteiger partial charge in [0.05, 0.1) is 11.9 Å². The highest BCUT2D eigenvalue weighted by Crippen LogP contribution is 2.25. The second-order valence-electron chi connectivity index (χ2n) is 6.37. The van der Waals surface area contributed by atoms with Crippen LogP contribution in [0.2, 0.25) is 0 Å². The lowest BCUT2D eigenvalue weighted by Gasteiger charge is -2.41. The maximum Gasteiger partial charge on any atom is 0.410 e. The van der Waals surface area contributed by atoms with Gasteiger partial charge in [-0.15, -0.1) is 0 Å². The van der Waals surface area contributed by atoms with E-state index in [-0.39, 0.29) is 17.7 Å². The molecule has 1 N–H and O–H groups in total. The van der Waals surface area contributed by atoms with E-state index >= 15 is 0 Å². The summed E-state index contributed by atoms with van der Waals surface area (Å²) in [5, 5.41) is 6.23. The average Bonchev–Trinajstić information content (AvgIpc) is 2.40. The molecular weight excluding hydrogens is 352 g/mol. The van der Waals surface area contributed by atoms with Gasteiger partial charge in [0.2, 0.25) is 0 Å². The molecule has 122 valence electrons. The van der Waals surface area contributed by atoms with Crippen molar-refractivity contribution >= 4 is 27.7 Å². The van der Waals surface area contributed by atoms with Gasteiger partial charge in [0.25, 0.3) is 5.56 Å². The number of carbonyl (C=O) groups is 1. The number of rotatable bonds is 1. The molecule has 0 aromatic carbocycles. The molecule has 2 heterocycles. The average molecular weight is 373 g/mol. The van der Waals surface area contributed by atoms with Crippen molar-refractivity contribution in [2.24, 2.45) is 0 Å². The van der Waals surface area contributed by atoms with Crippen molar-refractivity contribution in [3.05, 3.63) is 21.0 Å². The molecule has 0 saturated carbocycles. The number of anilines is 1. The van der Waals surface area contributed by atoms with E-state index in [2.05, 4.69) is 31.0 Å². The van der Waals surface area contributed by atoms with Crippen LogP contribution >= 0.6 is 15.9 Å². The van der Waals surface area contributed by atoms with Gasteiger partial charge in [-0.1, -0.05) is 0 Å². The fraction of sp³-hybridized carbons (Fsp3) is 0.643. The molecule has 0 unspecified atom stereocenters. The number of hydrogen-bond donors (Lipinski definition) is 1. The second-order valence-corrected chi connectivity index (χ2v) is 7.16. The Morgan fingerprint density at radius 2 is 2.14 bits per heavy atom. The van der Waals surface area contributed by atoms with Crippen LogP contribution in [0.15, 0.2) is 15.5 Å². The molecule has 1 fully saturated rings. The summed E-state index contributed by atoms with van der Waals surface area (Å²) < 4.78 is 5.86. The highest BCUT2D eigenvalue weighted by molar-refractivity contribution is 9.10. The second kappa shape index (κ2) is 6.28. The molecule has 1 amide bonds. The zero-order valence-corrected chi connectivity index (χ0v) is 14.8. The van der Waals surface area contributed by atoms with Crippen molar-refractivity contribution in [1.82, 2.24) is 15.1 Å². The number of piperazine rings is 1. The van der Waals surface area contributed by atoms with Crippen LogP contribution < -0.4 is 10.5 Å². The Kier molecular flexibility index (Phi) is 4.79. The third-order valence-corrected chi connectivity index (χ3v) is 4.13. The fourth-order valence-electron chi connectivity index (χ4n) is 2.38.